The van der Waals surface area contributed by atoms with Crippen LogP contribution in [0.5, 0.6) is 0 Å². The molecule has 7 nitrogen and oxygen atoms in total. The third-order valence-electron chi connectivity index (χ3n) is 5.73. The first-order chi connectivity index (χ1) is 14.4. The van der Waals surface area contributed by atoms with Gasteiger partial charge in [-0.3, -0.25) is 4.68 Å². The van der Waals surface area contributed by atoms with Crippen LogP contribution in [0.4, 0.5) is 4.39 Å². The molecule has 2 atom stereocenters. The summed E-state index contributed by atoms with van der Waals surface area (Å²) in [6.07, 6.45) is 8.36. The first kappa shape index (κ1) is 21.1. The van der Waals surface area contributed by atoms with Crippen LogP contribution in [-0.2, 0) is 11.5 Å². The highest BCUT2D eigenvalue weighted by Crippen LogP contribution is 2.26. The third kappa shape index (κ3) is 4.79. The van der Waals surface area contributed by atoms with Crippen molar-refractivity contribution in [2.45, 2.75) is 44.9 Å². The summed E-state index contributed by atoms with van der Waals surface area (Å²) in [5.74, 6) is 0.856. The van der Waals surface area contributed by atoms with Crippen molar-refractivity contribution in [1.29, 1.82) is 0 Å². The number of fused-ring (bicyclic) bond motifs is 1. The molecular weight excluding hydrogens is 399 g/mol. The summed E-state index contributed by atoms with van der Waals surface area (Å²) < 4.78 is 23.3. The maximum absolute atomic E-state index is 13.7. The summed E-state index contributed by atoms with van der Waals surface area (Å²) in [4.78, 5) is 9.25. The minimum absolute atomic E-state index is 0.249. The molecule has 0 radical (unpaired) electrons. The second-order valence-electron chi connectivity index (χ2n) is 9.29. The quantitative estimate of drug-likeness (QED) is 0.414. The van der Waals surface area contributed by atoms with Gasteiger partial charge in [0.25, 0.3) is 0 Å². The normalized spacial score (nSPS) is 18.3. The van der Waals surface area contributed by atoms with Crippen LogP contribution in [0.15, 0.2) is 30.9 Å². The van der Waals surface area contributed by atoms with E-state index in [2.05, 4.69) is 35.0 Å². The molecular formula is C21H31FN6OSi. The summed E-state index contributed by atoms with van der Waals surface area (Å²) in [7, 11) is -1.11. The van der Waals surface area contributed by atoms with Gasteiger partial charge in [-0.1, -0.05) is 19.6 Å². The molecule has 0 aromatic carbocycles. The largest absolute Gasteiger partial charge is 0.361 e. The first-order valence-corrected chi connectivity index (χ1v) is 14.4. The predicted molar refractivity (Wildman–Crippen MR) is 119 cm³/mol. The molecule has 0 spiro atoms. The van der Waals surface area contributed by atoms with E-state index >= 15 is 0 Å². The lowest BCUT2D eigenvalue weighted by atomic mass is 10.0. The number of hydrogen-bond acceptors (Lipinski definition) is 5. The molecule has 30 heavy (non-hydrogen) atoms. The van der Waals surface area contributed by atoms with Gasteiger partial charge in [0, 0.05) is 45.2 Å². The Hall–Kier alpha value is -2.10. The monoisotopic (exact) mass is 430 g/mol. The summed E-state index contributed by atoms with van der Waals surface area (Å²) in [6.45, 7) is 9.62. The van der Waals surface area contributed by atoms with E-state index in [1.54, 1.807) is 10.9 Å². The molecule has 162 valence electrons. The number of nitrogens with one attached hydrogen (secondary N) is 1. The van der Waals surface area contributed by atoms with Gasteiger partial charge >= 0.3 is 0 Å². The molecule has 1 aliphatic heterocycles. The van der Waals surface area contributed by atoms with Crippen LogP contribution in [0.2, 0.25) is 25.7 Å². The van der Waals surface area contributed by atoms with Crippen LogP contribution in [-0.4, -0.2) is 58.8 Å². The van der Waals surface area contributed by atoms with Gasteiger partial charge in [0.05, 0.1) is 17.8 Å². The third-order valence-corrected chi connectivity index (χ3v) is 7.43. The standard InChI is InChI=1S/C21H31FN6OSi/c1-30(2,3)9-8-29-15-27-7-5-17-12-24-20(26-21(17)27)18-13-25-28(14-18)19(10-22)16-4-6-23-11-16/h5,7,12-14,16,19,23H,4,6,8-11,15H2,1-3H3/t16-,19?/m0/s1. The van der Waals surface area contributed by atoms with E-state index in [1.807, 2.05) is 29.2 Å². The average Bonchev–Trinajstić information content (AvgIpc) is 3.46. The Morgan fingerprint density at radius 2 is 2.20 bits per heavy atom. The lowest BCUT2D eigenvalue weighted by Crippen LogP contribution is -2.23. The molecule has 4 heterocycles. The SMILES string of the molecule is C[Si](C)(C)CCOCn1ccc2cnc(-c3cnn(C(CF)[C@H]4CCNC4)c3)nc21. The van der Waals surface area contributed by atoms with Gasteiger partial charge in [0.1, 0.15) is 19.1 Å². The van der Waals surface area contributed by atoms with Crippen molar-refractivity contribution in [2.24, 2.45) is 5.92 Å². The highest BCUT2D eigenvalue weighted by Gasteiger charge is 2.27. The molecule has 3 aromatic rings. The Labute approximate surface area is 177 Å². The van der Waals surface area contributed by atoms with E-state index in [0.29, 0.717) is 12.6 Å². The van der Waals surface area contributed by atoms with Gasteiger partial charge in [0.2, 0.25) is 0 Å². The highest BCUT2D eigenvalue weighted by molar-refractivity contribution is 6.76. The van der Waals surface area contributed by atoms with Crippen molar-refractivity contribution < 1.29 is 9.13 Å². The average molecular weight is 431 g/mol. The van der Waals surface area contributed by atoms with Crippen LogP contribution in [0.25, 0.3) is 22.4 Å². The zero-order valence-electron chi connectivity index (χ0n) is 18.0. The van der Waals surface area contributed by atoms with Crippen molar-refractivity contribution in [2.75, 3.05) is 26.4 Å². The number of nitrogens with zero attached hydrogens (tertiary/aromatic N) is 5. The molecule has 4 rings (SSSR count). The summed E-state index contributed by atoms with van der Waals surface area (Å²) in [5.41, 5.74) is 1.64. The summed E-state index contributed by atoms with van der Waals surface area (Å²) >= 11 is 0. The zero-order chi connectivity index (χ0) is 21.1. The second kappa shape index (κ2) is 8.95. The lowest BCUT2D eigenvalue weighted by Gasteiger charge is -2.19. The Bertz CT molecular complexity index is 975. The Kier molecular flexibility index (Phi) is 6.31. The smallest absolute Gasteiger partial charge is 0.164 e. The fourth-order valence-electron chi connectivity index (χ4n) is 3.81. The van der Waals surface area contributed by atoms with E-state index in [9.17, 15) is 4.39 Å². The van der Waals surface area contributed by atoms with Crippen molar-refractivity contribution >= 4 is 19.1 Å². The number of halogens is 1. The molecule has 0 bridgehead atoms. The highest BCUT2D eigenvalue weighted by atomic mass is 28.3. The van der Waals surface area contributed by atoms with Crippen molar-refractivity contribution in [3.8, 4) is 11.4 Å². The molecule has 1 aliphatic rings. The Morgan fingerprint density at radius 1 is 1.33 bits per heavy atom. The molecule has 9 heteroatoms. The lowest BCUT2D eigenvalue weighted by molar-refractivity contribution is 0.0899. The molecule has 3 aromatic heterocycles. The van der Waals surface area contributed by atoms with E-state index < -0.39 is 14.7 Å². The summed E-state index contributed by atoms with van der Waals surface area (Å²) in [6, 6.07) is 2.88. The van der Waals surface area contributed by atoms with Gasteiger partial charge in [-0.05, 0) is 31.0 Å². The van der Waals surface area contributed by atoms with Gasteiger partial charge < -0.3 is 14.6 Å². The molecule has 0 saturated carbocycles. The molecule has 1 N–H and O–H groups in total. The van der Waals surface area contributed by atoms with Crippen LogP contribution in [0, 0.1) is 5.92 Å². The fourth-order valence-corrected chi connectivity index (χ4v) is 4.56. The van der Waals surface area contributed by atoms with Gasteiger partial charge in [0.15, 0.2) is 5.82 Å². The molecule has 0 amide bonds. The van der Waals surface area contributed by atoms with Crippen LogP contribution in [0.1, 0.15) is 12.5 Å². The van der Waals surface area contributed by atoms with E-state index in [0.717, 1.165) is 48.8 Å². The minimum Gasteiger partial charge on any atom is -0.361 e. The number of rotatable bonds is 9. The number of hydrogen-bond donors (Lipinski definition) is 1. The second-order valence-corrected chi connectivity index (χ2v) is 14.9. The topological polar surface area (TPSA) is 69.8 Å². The minimum atomic E-state index is -1.11. The number of alkyl halides is 1. The van der Waals surface area contributed by atoms with Crippen molar-refractivity contribution in [3.05, 3.63) is 30.9 Å². The van der Waals surface area contributed by atoms with Gasteiger partial charge in [-0.15, -0.1) is 0 Å². The van der Waals surface area contributed by atoms with E-state index in [4.69, 9.17) is 9.72 Å². The van der Waals surface area contributed by atoms with E-state index in [1.165, 1.54) is 0 Å². The predicted octanol–water partition coefficient (Wildman–Crippen LogP) is 3.73. The van der Waals surface area contributed by atoms with Gasteiger partial charge in [-0.25, -0.2) is 14.4 Å². The van der Waals surface area contributed by atoms with Crippen LogP contribution in [0.3, 0.4) is 0 Å². The fraction of sp³-hybridized carbons (Fsp3) is 0.571. The van der Waals surface area contributed by atoms with E-state index in [-0.39, 0.29) is 12.0 Å². The van der Waals surface area contributed by atoms with Crippen molar-refractivity contribution in [3.63, 3.8) is 0 Å². The van der Waals surface area contributed by atoms with Crippen LogP contribution < -0.4 is 5.32 Å². The number of aromatic nitrogens is 5. The van der Waals surface area contributed by atoms with Crippen molar-refractivity contribution in [1.82, 2.24) is 29.6 Å². The summed E-state index contributed by atoms with van der Waals surface area (Å²) in [5, 5.41) is 8.70. The molecule has 1 fully saturated rings. The maximum atomic E-state index is 13.7. The Morgan fingerprint density at radius 3 is 2.93 bits per heavy atom. The Balaban J connectivity index is 1.50. The first-order valence-electron chi connectivity index (χ1n) is 10.7. The molecule has 1 saturated heterocycles. The van der Waals surface area contributed by atoms with Gasteiger partial charge in [-0.2, -0.15) is 5.10 Å². The molecule has 1 unspecified atom stereocenters. The zero-order valence-corrected chi connectivity index (χ0v) is 19.0. The maximum Gasteiger partial charge on any atom is 0.164 e. The van der Waals surface area contributed by atoms with Crippen LogP contribution >= 0.6 is 0 Å². The molecule has 0 aliphatic carbocycles. The number of ether oxygens (including phenoxy) is 1.